The first-order chi connectivity index (χ1) is 18.1. The van der Waals surface area contributed by atoms with Gasteiger partial charge in [-0.05, 0) is 61.9 Å². The number of hydrogen-bond acceptors (Lipinski definition) is 8. The number of nitrogens with one attached hydrogen (secondary N) is 1. The quantitative estimate of drug-likeness (QED) is 0.453. The van der Waals surface area contributed by atoms with E-state index in [-0.39, 0.29) is 17.8 Å². The van der Waals surface area contributed by atoms with Crippen LogP contribution in [0.5, 0.6) is 0 Å². The monoisotopic (exact) mass is 499 g/mol. The van der Waals surface area contributed by atoms with Crippen LogP contribution in [0.2, 0.25) is 0 Å². The lowest BCUT2D eigenvalue weighted by Gasteiger charge is -2.40. The number of amides is 1. The zero-order chi connectivity index (χ0) is 25.6. The van der Waals surface area contributed by atoms with Crippen LogP contribution in [0, 0.1) is 11.3 Å². The minimum atomic E-state index is -0.221. The zero-order valence-electron chi connectivity index (χ0n) is 21.3. The molecule has 9 nitrogen and oxygen atoms in total. The number of rotatable bonds is 7. The number of anilines is 1. The SMILES string of the molecule is [B]c1cnc(C#N)nc1N(NC(=O)c1ccc(CN2CCC(N3CCOCC3)CC2)cc1)C1CCCC1. The van der Waals surface area contributed by atoms with Crippen molar-refractivity contribution in [3.05, 3.63) is 47.4 Å². The van der Waals surface area contributed by atoms with Gasteiger partial charge in [0.05, 0.1) is 19.3 Å². The maximum Gasteiger partial charge on any atom is 0.269 e. The normalized spacial score (nSPS) is 20.0. The molecule has 3 aliphatic rings. The van der Waals surface area contributed by atoms with Gasteiger partial charge in [0.15, 0.2) is 0 Å². The van der Waals surface area contributed by atoms with Gasteiger partial charge in [-0.1, -0.05) is 25.0 Å². The van der Waals surface area contributed by atoms with Crippen molar-refractivity contribution in [1.82, 2.24) is 25.2 Å². The van der Waals surface area contributed by atoms with E-state index in [9.17, 15) is 10.1 Å². The highest BCUT2D eigenvalue weighted by atomic mass is 16.5. The van der Waals surface area contributed by atoms with Crippen molar-refractivity contribution in [2.75, 3.05) is 44.4 Å². The van der Waals surface area contributed by atoms with Gasteiger partial charge in [0, 0.05) is 37.4 Å². The maximum absolute atomic E-state index is 13.2. The highest BCUT2D eigenvalue weighted by molar-refractivity contribution is 6.35. The number of nitriles is 1. The van der Waals surface area contributed by atoms with Gasteiger partial charge >= 0.3 is 0 Å². The Morgan fingerprint density at radius 1 is 1.11 bits per heavy atom. The predicted molar refractivity (Wildman–Crippen MR) is 141 cm³/mol. The average Bonchev–Trinajstić information content (AvgIpc) is 3.48. The summed E-state index contributed by atoms with van der Waals surface area (Å²) in [5.41, 5.74) is 5.12. The smallest absolute Gasteiger partial charge is 0.269 e. The van der Waals surface area contributed by atoms with Crippen molar-refractivity contribution < 1.29 is 9.53 Å². The second-order valence-electron chi connectivity index (χ2n) is 10.2. The molecule has 5 rings (SSSR count). The molecular weight excluding hydrogens is 465 g/mol. The van der Waals surface area contributed by atoms with Gasteiger partial charge < -0.3 is 4.74 Å². The summed E-state index contributed by atoms with van der Waals surface area (Å²) in [4.78, 5) is 26.5. The first-order valence-corrected chi connectivity index (χ1v) is 13.4. The van der Waals surface area contributed by atoms with Gasteiger partial charge in [0.1, 0.15) is 19.7 Å². The van der Waals surface area contributed by atoms with Crippen molar-refractivity contribution in [3.8, 4) is 6.07 Å². The van der Waals surface area contributed by atoms with E-state index in [1.54, 1.807) is 5.01 Å². The van der Waals surface area contributed by atoms with Crippen LogP contribution in [-0.2, 0) is 11.3 Å². The molecule has 10 heteroatoms. The molecule has 1 aromatic carbocycles. The van der Waals surface area contributed by atoms with Crippen molar-refractivity contribution in [2.45, 2.75) is 57.2 Å². The van der Waals surface area contributed by atoms with Crippen LogP contribution < -0.4 is 15.9 Å². The highest BCUT2D eigenvalue weighted by Gasteiger charge is 2.28. The predicted octanol–water partition coefficient (Wildman–Crippen LogP) is 1.53. The maximum atomic E-state index is 13.2. The van der Waals surface area contributed by atoms with E-state index in [1.807, 2.05) is 30.3 Å². The molecule has 1 amide bonds. The first kappa shape index (κ1) is 25.6. The first-order valence-electron chi connectivity index (χ1n) is 13.4. The number of ether oxygens (including phenoxy) is 1. The fourth-order valence-corrected chi connectivity index (χ4v) is 5.69. The summed E-state index contributed by atoms with van der Waals surface area (Å²) >= 11 is 0. The summed E-state index contributed by atoms with van der Waals surface area (Å²) in [6, 6.07) is 10.5. The van der Waals surface area contributed by atoms with E-state index >= 15 is 0 Å². The lowest BCUT2D eigenvalue weighted by molar-refractivity contribution is 0.000231. The second kappa shape index (κ2) is 12.0. The molecule has 37 heavy (non-hydrogen) atoms. The van der Waals surface area contributed by atoms with Crippen molar-refractivity contribution in [3.63, 3.8) is 0 Å². The molecule has 1 N–H and O–H groups in total. The summed E-state index contributed by atoms with van der Waals surface area (Å²) in [7, 11) is 6.15. The Hall–Kier alpha value is -3.00. The van der Waals surface area contributed by atoms with E-state index in [0.29, 0.717) is 22.9 Å². The molecule has 2 radical (unpaired) electrons. The number of piperidine rings is 1. The molecule has 1 aliphatic carbocycles. The highest BCUT2D eigenvalue weighted by Crippen LogP contribution is 2.25. The Kier molecular flexibility index (Phi) is 8.34. The van der Waals surface area contributed by atoms with Crippen LogP contribution in [0.15, 0.2) is 30.5 Å². The third-order valence-corrected chi connectivity index (χ3v) is 7.78. The third kappa shape index (κ3) is 6.29. The number of hydrogen-bond donors (Lipinski definition) is 1. The minimum Gasteiger partial charge on any atom is -0.379 e. The topological polar surface area (TPSA) is 97.6 Å². The fraction of sp³-hybridized carbons (Fsp3) is 0.556. The summed E-state index contributed by atoms with van der Waals surface area (Å²) < 4.78 is 5.50. The van der Waals surface area contributed by atoms with E-state index in [2.05, 4.69) is 25.2 Å². The Bertz CT molecular complexity index is 1100. The summed E-state index contributed by atoms with van der Waals surface area (Å²) in [6.45, 7) is 6.88. The third-order valence-electron chi connectivity index (χ3n) is 7.78. The van der Waals surface area contributed by atoms with Gasteiger partial charge in [0.25, 0.3) is 5.91 Å². The zero-order valence-corrected chi connectivity index (χ0v) is 21.3. The molecule has 3 heterocycles. The summed E-state index contributed by atoms with van der Waals surface area (Å²) in [6.07, 6.45) is 7.80. The molecule has 2 saturated heterocycles. The standard InChI is InChI=1S/C27H34BN7O2/c28-24-18-30-25(17-29)31-26(24)35(23-3-1-2-4-23)32-27(36)21-7-5-20(6-8-21)19-33-11-9-22(10-12-33)34-13-15-37-16-14-34/h5-8,18,22-23H,1-4,9-16,19H2,(H,32,36). The number of benzene rings is 1. The molecule has 0 atom stereocenters. The van der Waals surface area contributed by atoms with Gasteiger partial charge in [-0.15, -0.1) is 0 Å². The average molecular weight is 499 g/mol. The Morgan fingerprint density at radius 2 is 1.81 bits per heavy atom. The number of hydrazine groups is 1. The number of aromatic nitrogens is 2. The van der Waals surface area contributed by atoms with Gasteiger partial charge in [-0.2, -0.15) is 5.26 Å². The number of morpholine rings is 1. The molecule has 0 bridgehead atoms. The largest absolute Gasteiger partial charge is 0.379 e. The van der Waals surface area contributed by atoms with E-state index < -0.39 is 0 Å². The van der Waals surface area contributed by atoms with Gasteiger partial charge in [-0.3, -0.25) is 25.0 Å². The van der Waals surface area contributed by atoms with Crippen LogP contribution in [0.3, 0.4) is 0 Å². The van der Waals surface area contributed by atoms with Crippen LogP contribution >= 0.6 is 0 Å². The van der Waals surface area contributed by atoms with Crippen molar-refractivity contribution >= 4 is 25.0 Å². The number of carbonyl (C=O) groups excluding carboxylic acids is 1. The van der Waals surface area contributed by atoms with Crippen LogP contribution in [-0.4, -0.2) is 85.0 Å². The molecular formula is C27H34BN7O2. The van der Waals surface area contributed by atoms with Gasteiger partial charge in [-0.25, -0.2) is 9.97 Å². The molecule has 0 unspecified atom stereocenters. The molecule has 1 saturated carbocycles. The van der Waals surface area contributed by atoms with Crippen molar-refractivity contribution in [2.24, 2.45) is 0 Å². The Labute approximate surface area is 220 Å². The second-order valence-corrected chi connectivity index (χ2v) is 10.2. The molecule has 2 aromatic rings. The van der Waals surface area contributed by atoms with Crippen LogP contribution in [0.1, 0.15) is 60.3 Å². The van der Waals surface area contributed by atoms with E-state index in [1.165, 1.54) is 24.6 Å². The summed E-state index contributed by atoms with van der Waals surface area (Å²) in [5, 5.41) is 11.0. The van der Waals surface area contributed by atoms with Crippen molar-refractivity contribution in [1.29, 1.82) is 5.26 Å². The lowest BCUT2D eigenvalue weighted by Crippen LogP contribution is -2.50. The van der Waals surface area contributed by atoms with Gasteiger partial charge in [0.2, 0.25) is 5.82 Å². The number of carbonyl (C=O) groups is 1. The Balaban J connectivity index is 1.19. The van der Waals surface area contributed by atoms with Crippen LogP contribution in [0.4, 0.5) is 5.82 Å². The molecule has 2 aliphatic heterocycles. The molecule has 0 spiro atoms. The number of likely N-dealkylation sites (tertiary alicyclic amines) is 1. The summed E-state index contributed by atoms with van der Waals surface area (Å²) in [5.74, 6) is 0.185. The van der Waals surface area contributed by atoms with E-state index in [0.717, 1.165) is 71.6 Å². The fourth-order valence-electron chi connectivity index (χ4n) is 5.69. The molecule has 3 fully saturated rings. The molecule has 192 valence electrons. The minimum absolute atomic E-state index is 0.0276. The number of nitrogens with zero attached hydrogens (tertiary/aromatic N) is 6. The van der Waals surface area contributed by atoms with Crippen LogP contribution in [0.25, 0.3) is 0 Å². The molecule has 1 aromatic heterocycles. The lowest BCUT2D eigenvalue weighted by atomic mass is 9.98. The van der Waals surface area contributed by atoms with E-state index in [4.69, 9.17) is 12.6 Å². The Morgan fingerprint density at radius 3 is 2.49 bits per heavy atom.